The monoisotopic (exact) mass is 223 g/mol. The second-order valence-electron chi connectivity index (χ2n) is 4.99. The molecule has 3 unspecified atom stereocenters. The van der Waals surface area contributed by atoms with Crippen molar-refractivity contribution in [3.05, 3.63) is 0 Å². The third-order valence-corrected chi connectivity index (χ3v) is 3.54. The predicted molar refractivity (Wildman–Crippen MR) is 62.0 cm³/mol. The number of nitriles is 1. The molecule has 2 rings (SSSR count). The minimum atomic E-state index is -0.0368. The van der Waals surface area contributed by atoms with Crippen molar-refractivity contribution in [1.29, 1.82) is 5.26 Å². The highest BCUT2D eigenvalue weighted by atomic mass is 16.5. The minimum absolute atomic E-state index is 0.0368. The molecule has 4 nitrogen and oxygen atoms in total. The van der Waals surface area contributed by atoms with E-state index >= 15 is 0 Å². The van der Waals surface area contributed by atoms with Gasteiger partial charge < -0.3 is 4.74 Å². The molecule has 2 fully saturated rings. The van der Waals surface area contributed by atoms with Crippen molar-refractivity contribution in [1.82, 2.24) is 10.2 Å². The van der Waals surface area contributed by atoms with Gasteiger partial charge in [-0.2, -0.15) is 5.26 Å². The Morgan fingerprint density at radius 3 is 2.75 bits per heavy atom. The molecule has 1 saturated carbocycles. The van der Waals surface area contributed by atoms with E-state index in [-0.39, 0.29) is 6.04 Å². The van der Waals surface area contributed by atoms with Gasteiger partial charge in [-0.15, -0.1) is 0 Å². The first-order valence-corrected chi connectivity index (χ1v) is 6.18. The van der Waals surface area contributed by atoms with E-state index in [4.69, 9.17) is 10.00 Å². The van der Waals surface area contributed by atoms with Crippen LogP contribution >= 0.6 is 0 Å². The Bertz CT molecular complexity index is 272. The first-order chi connectivity index (χ1) is 7.70. The summed E-state index contributed by atoms with van der Waals surface area (Å²) in [7, 11) is 2.09. The average molecular weight is 223 g/mol. The molecule has 1 saturated heterocycles. The fraction of sp³-hybridized carbons (Fsp3) is 0.917. The molecule has 90 valence electrons. The largest absolute Gasteiger partial charge is 0.377 e. The lowest BCUT2D eigenvalue weighted by molar-refractivity contribution is 0.0821. The highest BCUT2D eigenvalue weighted by molar-refractivity contribution is 4.98. The molecule has 4 heteroatoms. The predicted octanol–water partition coefficient (Wildman–Crippen LogP) is 0.740. The van der Waals surface area contributed by atoms with Gasteiger partial charge >= 0.3 is 0 Å². The fourth-order valence-corrected chi connectivity index (χ4v) is 2.39. The fourth-order valence-electron chi connectivity index (χ4n) is 2.39. The average Bonchev–Trinajstić information content (AvgIpc) is 2.97. The Kier molecular flexibility index (Phi) is 3.80. The molecule has 0 bridgehead atoms. The number of hydrogen-bond acceptors (Lipinski definition) is 4. The van der Waals surface area contributed by atoms with Gasteiger partial charge in [0, 0.05) is 25.2 Å². The Hall–Kier alpha value is -0.630. The molecule has 0 aromatic rings. The molecule has 0 aromatic heterocycles. The van der Waals surface area contributed by atoms with Crippen molar-refractivity contribution in [2.45, 2.75) is 50.4 Å². The van der Waals surface area contributed by atoms with E-state index < -0.39 is 0 Å². The number of nitrogens with zero attached hydrogens (tertiary/aromatic N) is 2. The maximum Gasteiger partial charge on any atom is 0.108 e. The topological polar surface area (TPSA) is 48.3 Å². The van der Waals surface area contributed by atoms with Gasteiger partial charge in [0.25, 0.3) is 0 Å². The van der Waals surface area contributed by atoms with E-state index in [0.29, 0.717) is 18.2 Å². The van der Waals surface area contributed by atoms with Crippen LogP contribution in [0.2, 0.25) is 0 Å². The van der Waals surface area contributed by atoms with Crippen molar-refractivity contribution < 1.29 is 4.74 Å². The molecule has 1 aliphatic heterocycles. The summed E-state index contributed by atoms with van der Waals surface area (Å²) in [5, 5.41) is 12.5. The van der Waals surface area contributed by atoms with Gasteiger partial charge in [0.15, 0.2) is 0 Å². The van der Waals surface area contributed by atoms with Crippen molar-refractivity contribution >= 4 is 0 Å². The molecule has 3 atom stereocenters. The number of nitrogens with one attached hydrogen (secondary N) is 1. The van der Waals surface area contributed by atoms with Crippen LogP contribution in [0.15, 0.2) is 0 Å². The lowest BCUT2D eigenvalue weighted by Crippen LogP contribution is -2.45. The van der Waals surface area contributed by atoms with Crippen LogP contribution in [0, 0.1) is 11.3 Å². The smallest absolute Gasteiger partial charge is 0.108 e. The molecule has 16 heavy (non-hydrogen) atoms. The highest BCUT2D eigenvalue weighted by Crippen LogP contribution is 2.21. The molecular weight excluding hydrogens is 202 g/mol. The van der Waals surface area contributed by atoms with Crippen LogP contribution in [0.1, 0.15) is 26.2 Å². The lowest BCUT2D eigenvalue weighted by Gasteiger charge is -2.28. The van der Waals surface area contributed by atoms with Crippen LogP contribution in [-0.2, 0) is 4.74 Å². The van der Waals surface area contributed by atoms with Gasteiger partial charge in [-0.05, 0) is 33.2 Å². The Balaban J connectivity index is 1.79. The van der Waals surface area contributed by atoms with Crippen LogP contribution in [-0.4, -0.2) is 49.3 Å². The van der Waals surface area contributed by atoms with Crippen LogP contribution in [0.5, 0.6) is 0 Å². The quantitative estimate of drug-likeness (QED) is 0.747. The third-order valence-electron chi connectivity index (χ3n) is 3.54. The molecule has 2 aliphatic rings. The molecule has 1 heterocycles. The van der Waals surface area contributed by atoms with E-state index in [1.807, 2.05) is 0 Å². The summed E-state index contributed by atoms with van der Waals surface area (Å²) in [6.45, 7) is 3.76. The number of hydrogen-bond donors (Lipinski definition) is 1. The zero-order chi connectivity index (χ0) is 11.5. The SMILES string of the molecule is CC1OCCC1N(C)CC(C#N)NC1CC1. The van der Waals surface area contributed by atoms with E-state index in [9.17, 15) is 0 Å². The van der Waals surface area contributed by atoms with Gasteiger partial charge in [-0.25, -0.2) is 0 Å². The summed E-state index contributed by atoms with van der Waals surface area (Å²) in [6, 6.07) is 3.37. The van der Waals surface area contributed by atoms with E-state index in [1.54, 1.807) is 0 Å². The van der Waals surface area contributed by atoms with Gasteiger partial charge in [-0.3, -0.25) is 10.2 Å². The standard InChI is InChI=1S/C12H21N3O/c1-9-12(5-6-16-9)15(2)8-11(7-13)14-10-3-4-10/h9-12,14H,3-6,8H2,1-2H3. The Morgan fingerprint density at radius 1 is 1.50 bits per heavy atom. The van der Waals surface area contributed by atoms with E-state index in [2.05, 4.69) is 30.3 Å². The molecule has 0 amide bonds. The lowest BCUT2D eigenvalue weighted by atomic mass is 10.1. The second-order valence-corrected chi connectivity index (χ2v) is 4.99. The first kappa shape index (κ1) is 11.8. The summed E-state index contributed by atoms with van der Waals surface area (Å²) in [6.07, 6.45) is 3.83. The number of ether oxygens (including phenoxy) is 1. The second kappa shape index (κ2) is 5.13. The zero-order valence-corrected chi connectivity index (χ0v) is 10.1. The third kappa shape index (κ3) is 2.94. The first-order valence-electron chi connectivity index (χ1n) is 6.18. The van der Waals surface area contributed by atoms with Crippen LogP contribution in [0.25, 0.3) is 0 Å². The maximum absolute atomic E-state index is 9.09. The Labute approximate surface area is 97.6 Å². The van der Waals surface area contributed by atoms with Gasteiger partial charge in [0.05, 0.1) is 12.2 Å². The van der Waals surface area contributed by atoms with Crippen molar-refractivity contribution in [3.8, 4) is 6.07 Å². The van der Waals surface area contributed by atoms with Crippen molar-refractivity contribution in [2.24, 2.45) is 0 Å². The molecule has 1 N–H and O–H groups in total. The van der Waals surface area contributed by atoms with E-state index in [1.165, 1.54) is 12.8 Å². The Morgan fingerprint density at radius 2 is 2.25 bits per heavy atom. The summed E-state index contributed by atoms with van der Waals surface area (Å²) in [4.78, 5) is 2.26. The number of likely N-dealkylation sites (N-methyl/N-ethyl adjacent to an activating group) is 1. The summed E-state index contributed by atoms with van der Waals surface area (Å²) >= 11 is 0. The van der Waals surface area contributed by atoms with Gasteiger partial charge in [0.2, 0.25) is 0 Å². The van der Waals surface area contributed by atoms with Gasteiger partial charge in [-0.1, -0.05) is 0 Å². The van der Waals surface area contributed by atoms with E-state index in [0.717, 1.165) is 19.6 Å². The maximum atomic E-state index is 9.09. The minimum Gasteiger partial charge on any atom is -0.377 e. The normalized spacial score (nSPS) is 31.6. The molecule has 0 radical (unpaired) electrons. The molecule has 1 aliphatic carbocycles. The van der Waals surface area contributed by atoms with Gasteiger partial charge in [0.1, 0.15) is 6.04 Å². The van der Waals surface area contributed by atoms with Crippen LogP contribution < -0.4 is 5.32 Å². The van der Waals surface area contributed by atoms with Crippen molar-refractivity contribution in [3.63, 3.8) is 0 Å². The van der Waals surface area contributed by atoms with Crippen LogP contribution in [0.4, 0.5) is 0 Å². The van der Waals surface area contributed by atoms with Crippen molar-refractivity contribution in [2.75, 3.05) is 20.2 Å². The van der Waals surface area contributed by atoms with Crippen LogP contribution in [0.3, 0.4) is 0 Å². The summed E-state index contributed by atoms with van der Waals surface area (Å²) in [5.41, 5.74) is 0. The summed E-state index contributed by atoms with van der Waals surface area (Å²) in [5.74, 6) is 0. The molecule has 0 aromatic carbocycles. The molecule has 0 spiro atoms. The highest BCUT2D eigenvalue weighted by Gasteiger charge is 2.30. The number of rotatable bonds is 5. The zero-order valence-electron chi connectivity index (χ0n) is 10.1. The summed E-state index contributed by atoms with van der Waals surface area (Å²) < 4.78 is 5.55. The molecular formula is C12H21N3O.